The summed E-state index contributed by atoms with van der Waals surface area (Å²) in [4.78, 5) is 2.40. The van der Waals surface area contributed by atoms with Crippen LogP contribution in [0.15, 0.2) is 30.3 Å². The average Bonchev–Trinajstić information content (AvgIpc) is 2.36. The van der Waals surface area contributed by atoms with Gasteiger partial charge in [0.15, 0.2) is 0 Å². The zero-order valence-electron chi connectivity index (χ0n) is 13.0. The third-order valence-corrected chi connectivity index (χ3v) is 3.73. The van der Waals surface area contributed by atoms with E-state index < -0.39 is 0 Å². The van der Waals surface area contributed by atoms with Crippen molar-refractivity contribution in [3.8, 4) is 0 Å². The monoisotopic (exact) mass is 262 g/mol. The number of nitrogens with zero attached hydrogens (tertiary/aromatic N) is 1. The maximum atomic E-state index is 6.25. The molecule has 0 radical (unpaired) electrons. The van der Waals surface area contributed by atoms with Gasteiger partial charge in [0.05, 0.1) is 0 Å². The van der Waals surface area contributed by atoms with Gasteiger partial charge < -0.3 is 10.6 Å². The van der Waals surface area contributed by atoms with Gasteiger partial charge in [-0.15, -0.1) is 0 Å². The van der Waals surface area contributed by atoms with Crippen LogP contribution in [0.3, 0.4) is 0 Å². The molecule has 108 valence electrons. The minimum Gasteiger partial charge on any atom is -0.327 e. The molecule has 0 aliphatic rings. The zero-order chi connectivity index (χ0) is 14.3. The van der Waals surface area contributed by atoms with Gasteiger partial charge in [0.25, 0.3) is 0 Å². The summed E-state index contributed by atoms with van der Waals surface area (Å²) in [5.74, 6) is 0.748. The molecular formula is C17H30N2. The molecule has 0 aliphatic heterocycles. The Kier molecular flexibility index (Phi) is 7.11. The van der Waals surface area contributed by atoms with Crippen molar-refractivity contribution >= 4 is 0 Å². The fourth-order valence-corrected chi connectivity index (χ4v) is 2.50. The van der Waals surface area contributed by atoms with Gasteiger partial charge in [-0.1, -0.05) is 44.2 Å². The third kappa shape index (κ3) is 6.74. The van der Waals surface area contributed by atoms with Crippen molar-refractivity contribution < 1.29 is 0 Å². The van der Waals surface area contributed by atoms with Gasteiger partial charge >= 0.3 is 0 Å². The first-order valence-electron chi connectivity index (χ1n) is 7.48. The molecule has 2 nitrogen and oxygen atoms in total. The third-order valence-electron chi connectivity index (χ3n) is 3.73. The van der Waals surface area contributed by atoms with Crippen molar-refractivity contribution in [1.82, 2.24) is 4.90 Å². The van der Waals surface area contributed by atoms with Crippen LogP contribution in [-0.4, -0.2) is 30.6 Å². The second-order valence-corrected chi connectivity index (χ2v) is 6.20. The molecule has 2 unspecified atom stereocenters. The molecule has 2 heteroatoms. The van der Waals surface area contributed by atoms with E-state index in [0.717, 1.165) is 25.3 Å². The minimum absolute atomic E-state index is 0.264. The lowest BCUT2D eigenvalue weighted by atomic mass is 10.0. The van der Waals surface area contributed by atoms with Crippen molar-refractivity contribution in [3.63, 3.8) is 0 Å². The standard InChI is InChI=1S/C17H30N2/c1-14(2)12-15(3)19(4)13-17(18)11-10-16-8-6-5-7-9-16/h5-9,14-15,17H,10-13,18H2,1-4H3. The van der Waals surface area contributed by atoms with Gasteiger partial charge in [0, 0.05) is 18.6 Å². The van der Waals surface area contributed by atoms with E-state index in [0.29, 0.717) is 6.04 Å². The Labute approximate surface area is 119 Å². The first-order valence-corrected chi connectivity index (χ1v) is 7.48. The highest BCUT2D eigenvalue weighted by molar-refractivity contribution is 5.14. The molecular weight excluding hydrogens is 232 g/mol. The van der Waals surface area contributed by atoms with Crippen LogP contribution in [0.1, 0.15) is 39.2 Å². The quantitative estimate of drug-likeness (QED) is 0.779. The van der Waals surface area contributed by atoms with Gasteiger partial charge in [-0.2, -0.15) is 0 Å². The predicted molar refractivity (Wildman–Crippen MR) is 84.3 cm³/mol. The molecule has 1 rings (SSSR count). The van der Waals surface area contributed by atoms with Crippen LogP contribution in [-0.2, 0) is 6.42 Å². The van der Waals surface area contributed by atoms with Crippen LogP contribution in [0.25, 0.3) is 0 Å². The number of likely N-dealkylation sites (N-methyl/N-ethyl adjacent to an activating group) is 1. The molecule has 0 aromatic heterocycles. The number of hydrogen-bond donors (Lipinski definition) is 1. The van der Waals surface area contributed by atoms with Crippen LogP contribution in [0.4, 0.5) is 0 Å². The van der Waals surface area contributed by atoms with Crippen LogP contribution in [0, 0.1) is 5.92 Å². The van der Waals surface area contributed by atoms with E-state index >= 15 is 0 Å². The second-order valence-electron chi connectivity index (χ2n) is 6.20. The van der Waals surface area contributed by atoms with E-state index in [-0.39, 0.29) is 6.04 Å². The number of nitrogens with two attached hydrogens (primary N) is 1. The summed E-state index contributed by atoms with van der Waals surface area (Å²) in [5.41, 5.74) is 7.63. The van der Waals surface area contributed by atoms with Crippen LogP contribution < -0.4 is 5.73 Å². The number of rotatable bonds is 8. The minimum atomic E-state index is 0.264. The lowest BCUT2D eigenvalue weighted by molar-refractivity contribution is 0.213. The molecule has 19 heavy (non-hydrogen) atoms. The highest BCUT2D eigenvalue weighted by atomic mass is 15.1. The Morgan fingerprint density at radius 2 is 1.74 bits per heavy atom. The van der Waals surface area contributed by atoms with Gasteiger partial charge in [-0.3, -0.25) is 0 Å². The summed E-state index contributed by atoms with van der Waals surface area (Å²) < 4.78 is 0. The van der Waals surface area contributed by atoms with Crippen molar-refractivity contribution in [2.75, 3.05) is 13.6 Å². The van der Waals surface area contributed by atoms with Crippen molar-refractivity contribution in [1.29, 1.82) is 0 Å². The first-order chi connectivity index (χ1) is 8.99. The topological polar surface area (TPSA) is 29.3 Å². The predicted octanol–water partition coefficient (Wildman–Crippen LogP) is 3.31. The van der Waals surface area contributed by atoms with E-state index in [4.69, 9.17) is 5.73 Å². The zero-order valence-corrected chi connectivity index (χ0v) is 13.0. The highest BCUT2D eigenvalue weighted by Gasteiger charge is 2.14. The van der Waals surface area contributed by atoms with E-state index in [2.05, 4.69) is 63.1 Å². The Morgan fingerprint density at radius 3 is 2.32 bits per heavy atom. The molecule has 0 saturated heterocycles. The average molecular weight is 262 g/mol. The summed E-state index contributed by atoms with van der Waals surface area (Å²) in [5, 5.41) is 0. The Balaban J connectivity index is 2.28. The molecule has 0 bridgehead atoms. The van der Waals surface area contributed by atoms with Crippen molar-refractivity contribution in [3.05, 3.63) is 35.9 Å². The summed E-state index contributed by atoms with van der Waals surface area (Å²) in [6, 6.07) is 11.5. The normalized spacial score (nSPS) is 14.9. The van der Waals surface area contributed by atoms with E-state index in [1.165, 1.54) is 12.0 Å². The molecule has 0 spiro atoms. The fraction of sp³-hybridized carbons (Fsp3) is 0.647. The Bertz CT molecular complexity index is 334. The van der Waals surface area contributed by atoms with Gasteiger partial charge in [-0.25, -0.2) is 0 Å². The van der Waals surface area contributed by atoms with Crippen molar-refractivity contribution in [2.45, 2.75) is 52.1 Å². The Morgan fingerprint density at radius 1 is 1.11 bits per heavy atom. The first kappa shape index (κ1) is 16.2. The summed E-state index contributed by atoms with van der Waals surface area (Å²) in [6.07, 6.45) is 3.37. The molecule has 0 fully saturated rings. The smallest absolute Gasteiger partial charge is 0.0170 e. The largest absolute Gasteiger partial charge is 0.327 e. The molecule has 0 heterocycles. The van der Waals surface area contributed by atoms with E-state index in [1.807, 2.05) is 0 Å². The summed E-state index contributed by atoms with van der Waals surface area (Å²) in [7, 11) is 2.19. The van der Waals surface area contributed by atoms with Crippen molar-refractivity contribution in [2.24, 2.45) is 11.7 Å². The molecule has 1 aromatic carbocycles. The molecule has 0 saturated carbocycles. The molecule has 0 amide bonds. The van der Waals surface area contributed by atoms with Crippen LogP contribution in [0.5, 0.6) is 0 Å². The fourth-order valence-electron chi connectivity index (χ4n) is 2.50. The molecule has 2 N–H and O–H groups in total. The molecule has 0 aliphatic carbocycles. The number of benzene rings is 1. The maximum Gasteiger partial charge on any atom is 0.0170 e. The van der Waals surface area contributed by atoms with E-state index in [9.17, 15) is 0 Å². The van der Waals surface area contributed by atoms with E-state index in [1.54, 1.807) is 0 Å². The Hall–Kier alpha value is -0.860. The summed E-state index contributed by atoms with van der Waals surface area (Å²) >= 11 is 0. The number of hydrogen-bond acceptors (Lipinski definition) is 2. The van der Waals surface area contributed by atoms with Gasteiger partial charge in [0.1, 0.15) is 0 Å². The highest BCUT2D eigenvalue weighted by Crippen LogP contribution is 2.11. The number of aryl methyl sites for hydroxylation is 1. The lowest BCUT2D eigenvalue weighted by Gasteiger charge is -2.28. The van der Waals surface area contributed by atoms with Crippen LogP contribution in [0.2, 0.25) is 0 Å². The second kappa shape index (κ2) is 8.34. The lowest BCUT2D eigenvalue weighted by Crippen LogP contribution is -2.40. The van der Waals surface area contributed by atoms with Crippen LogP contribution >= 0.6 is 0 Å². The van der Waals surface area contributed by atoms with Gasteiger partial charge in [-0.05, 0) is 44.7 Å². The maximum absolute atomic E-state index is 6.25. The SMILES string of the molecule is CC(C)CC(C)N(C)CC(N)CCc1ccccc1. The summed E-state index contributed by atoms with van der Waals surface area (Å²) in [6.45, 7) is 7.84. The molecule has 1 aromatic rings. The van der Waals surface area contributed by atoms with Gasteiger partial charge in [0.2, 0.25) is 0 Å². The molecule has 2 atom stereocenters.